The third-order valence-electron chi connectivity index (χ3n) is 5.31. The molecule has 1 N–H and O–H groups in total. The standard InChI is InChI=1S/C24H30ClN3/c1-8-16(3)23(22(26)9-2)24(19-10-12-20(25)13-11-19)28(7)21-14-17(4)18(5)27(6)15-21/h9-15,24,26H,2,5,8H2,1,3-4,6-7H3/b23-16-,26-22?. The van der Waals surface area contributed by atoms with Crippen molar-refractivity contribution in [3.63, 3.8) is 0 Å². The minimum absolute atomic E-state index is 0.127. The molecule has 148 valence electrons. The van der Waals surface area contributed by atoms with Gasteiger partial charge in [-0.1, -0.05) is 49.4 Å². The molecule has 1 aromatic rings. The van der Waals surface area contributed by atoms with Gasteiger partial charge in [-0.25, -0.2) is 0 Å². The van der Waals surface area contributed by atoms with Crippen LogP contribution < -0.4 is 0 Å². The van der Waals surface area contributed by atoms with Crippen molar-refractivity contribution in [3.05, 3.63) is 94.5 Å². The zero-order valence-electron chi connectivity index (χ0n) is 17.5. The quantitative estimate of drug-likeness (QED) is 0.534. The van der Waals surface area contributed by atoms with Gasteiger partial charge >= 0.3 is 0 Å². The van der Waals surface area contributed by atoms with Crippen molar-refractivity contribution in [3.8, 4) is 0 Å². The lowest BCUT2D eigenvalue weighted by atomic mass is 9.88. The first kappa shape index (κ1) is 21.8. The number of nitrogens with zero attached hydrogens (tertiary/aromatic N) is 2. The van der Waals surface area contributed by atoms with Gasteiger partial charge in [0.15, 0.2) is 0 Å². The topological polar surface area (TPSA) is 30.3 Å². The van der Waals surface area contributed by atoms with Gasteiger partial charge in [-0.05, 0) is 55.7 Å². The summed E-state index contributed by atoms with van der Waals surface area (Å²) in [4.78, 5) is 4.25. The van der Waals surface area contributed by atoms with Crippen LogP contribution in [-0.2, 0) is 0 Å². The molecule has 0 aromatic heterocycles. The van der Waals surface area contributed by atoms with Crippen molar-refractivity contribution in [2.45, 2.75) is 33.2 Å². The van der Waals surface area contributed by atoms with Crippen LogP contribution in [0.25, 0.3) is 0 Å². The van der Waals surface area contributed by atoms with Gasteiger partial charge in [0, 0.05) is 36.6 Å². The van der Waals surface area contributed by atoms with Crippen molar-refractivity contribution >= 4 is 17.3 Å². The van der Waals surface area contributed by atoms with E-state index in [-0.39, 0.29) is 6.04 Å². The monoisotopic (exact) mass is 395 g/mol. The summed E-state index contributed by atoms with van der Waals surface area (Å²) in [7, 11) is 4.07. The van der Waals surface area contributed by atoms with Crippen LogP contribution in [-0.4, -0.2) is 29.6 Å². The fourth-order valence-corrected chi connectivity index (χ4v) is 3.50. The summed E-state index contributed by atoms with van der Waals surface area (Å²) in [5.74, 6) is 0. The van der Waals surface area contributed by atoms with Crippen LogP contribution in [0.5, 0.6) is 0 Å². The minimum atomic E-state index is -0.127. The molecule has 3 nitrogen and oxygen atoms in total. The molecule has 1 heterocycles. The molecule has 0 bridgehead atoms. The third-order valence-corrected chi connectivity index (χ3v) is 5.56. The summed E-state index contributed by atoms with van der Waals surface area (Å²) in [5, 5.41) is 9.28. The molecule has 0 aliphatic carbocycles. The van der Waals surface area contributed by atoms with Crippen LogP contribution in [0, 0.1) is 5.41 Å². The van der Waals surface area contributed by atoms with E-state index in [2.05, 4.69) is 58.2 Å². The molecule has 0 saturated carbocycles. The molecule has 0 amide bonds. The Morgan fingerprint density at radius 2 is 1.93 bits per heavy atom. The van der Waals surface area contributed by atoms with Gasteiger partial charge in [0.25, 0.3) is 0 Å². The number of hydrogen-bond donors (Lipinski definition) is 1. The molecule has 1 aromatic carbocycles. The number of rotatable bonds is 7. The van der Waals surface area contributed by atoms with E-state index in [1.54, 1.807) is 6.08 Å². The molecular weight excluding hydrogens is 366 g/mol. The summed E-state index contributed by atoms with van der Waals surface area (Å²) < 4.78 is 0. The largest absolute Gasteiger partial charge is 0.362 e. The van der Waals surface area contributed by atoms with E-state index in [9.17, 15) is 0 Å². The molecule has 1 unspecified atom stereocenters. The van der Waals surface area contributed by atoms with Crippen molar-refractivity contribution in [1.82, 2.24) is 9.80 Å². The molecule has 0 radical (unpaired) electrons. The van der Waals surface area contributed by atoms with Gasteiger partial charge in [0.05, 0.1) is 17.5 Å². The van der Waals surface area contributed by atoms with Gasteiger partial charge in [0.1, 0.15) is 0 Å². The second-order valence-electron chi connectivity index (χ2n) is 7.17. The highest BCUT2D eigenvalue weighted by atomic mass is 35.5. The molecule has 2 rings (SSSR count). The van der Waals surface area contributed by atoms with E-state index in [1.165, 1.54) is 5.57 Å². The molecule has 1 atom stereocenters. The van der Waals surface area contributed by atoms with Gasteiger partial charge in [-0.3, -0.25) is 0 Å². The lowest BCUT2D eigenvalue weighted by molar-refractivity contribution is 0.350. The number of allylic oxidation sites excluding steroid dienone is 4. The fourth-order valence-electron chi connectivity index (χ4n) is 3.38. The van der Waals surface area contributed by atoms with Crippen LogP contribution >= 0.6 is 11.6 Å². The highest BCUT2D eigenvalue weighted by molar-refractivity contribution is 6.30. The van der Waals surface area contributed by atoms with E-state index in [0.717, 1.165) is 34.5 Å². The van der Waals surface area contributed by atoms with Crippen LogP contribution in [0.2, 0.25) is 5.02 Å². The Morgan fingerprint density at radius 1 is 1.32 bits per heavy atom. The molecule has 0 fully saturated rings. The van der Waals surface area contributed by atoms with E-state index in [0.29, 0.717) is 10.7 Å². The average molecular weight is 396 g/mol. The first-order valence-corrected chi connectivity index (χ1v) is 9.80. The molecule has 28 heavy (non-hydrogen) atoms. The van der Waals surface area contributed by atoms with E-state index in [1.807, 2.05) is 36.2 Å². The average Bonchev–Trinajstić information content (AvgIpc) is 2.69. The van der Waals surface area contributed by atoms with Crippen molar-refractivity contribution in [2.75, 3.05) is 14.1 Å². The van der Waals surface area contributed by atoms with Crippen molar-refractivity contribution < 1.29 is 0 Å². The molecule has 1 aliphatic heterocycles. The van der Waals surface area contributed by atoms with Crippen LogP contribution in [0.1, 0.15) is 38.8 Å². The first-order valence-electron chi connectivity index (χ1n) is 9.42. The number of likely N-dealkylation sites (N-methyl/N-ethyl adjacent to an activating group) is 2. The highest BCUT2D eigenvalue weighted by Crippen LogP contribution is 2.36. The van der Waals surface area contributed by atoms with Gasteiger partial charge < -0.3 is 15.2 Å². The molecular formula is C24H30ClN3. The minimum Gasteiger partial charge on any atom is -0.362 e. The first-order chi connectivity index (χ1) is 13.2. The Morgan fingerprint density at radius 3 is 2.43 bits per heavy atom. The Bertz CT molecular complexity index is 872. The van der Waals surface area contributed by atoms with Crippen LogP contribution in [0.3, 0.4) is 0 Å². The summed E-state index contributed by atoms with van der Waals surface area (Å²) in [6, 6.07) is 7.74. The van der Waals surface area contributed by atoms with Crippen LogP contribution in [0.15, 0.2) is 83.9 Å². The van der Waals surface area contributed by atoms with E-state index < -0.39 is 0 Å². The Balaban J connectivity index is 2.66. The van der Waals surface area contributed by atoms with Crippen molar-refractivity contribution in [2.24, 2.45) is 0 Å². The third kappa shape index (κ3) is 4.48. The Hall–Kier alpha value is -2.52. The van der Waals surface area contributed by atoms with Gasteiger partial charge in [-0.15, -0.1) is 0 Å². The molecule has 0 saturated heterocycles. The number of nitrogens with one attached hydrogen (secondary N) is 1. The zero-order valence-corrected chi connectivity index (χ0v) is 18.3. The maximum absolute atomic E-state index is 8.58. The highest BCUT2D eigenvalue weighted by Gasteiger charge is 2.27. The number of hydrogen-bond acceptors (Lipinski definition) is 3. The lowest BCUT2D eigenvalue weighted by Crippen LogP contribution is -2.31. The number of halogens is 1. The smallest absolute Gasteiger partial charge is 0.0813 e. The predicted molar refractivity (Wildman–Crippen MR) is 122 cm³/mol. The molecule has 1 aliphatic rings. The second kappa shape index (κ2) is 9.11. The SMILES string of the molecule is C=CC(=N)/C(=C(\C)CC)C(c1ccc(Cl)cc1)N(C)C1=CN(C)C(=C)C(C)=C1. The normalized spacial score (nSPS) is 16.1. The summed E-state index contributed by atoms with van der Waals surface area (Å²) in [6.07, 6.45) is 6.71. The molecule has 4 heteroatoms. The molecule has 0 spiro atoms. The maximum Gasteiger partial charge on any atom is 0.0813 e. The summed E-state index contributed by atoms with van der Waals surface area (Å²) in [6.45, 7) is 14.2. The van der Waals surface area contributed by atoms with Crippen LogP contribution in [0.4, 0.5) is 0 Å². The second-order valence-corrected chi connectivity index (χ2v) is 7.61. The lowest BCUT2D eigenvalue weighted by Gasteiger charge is -2.37. The summed E-state index contributed by atoms with van der Waals surface area (Å²) in [5.41, 5.74) is 6.85. The van der Waals surface area contributed by atoms with Crippen molar-refractivity contribution in [1.29, 1.82) is 5.41 Å². The zero-order chi connectivity index (χ0) is 21.0. The Kier molecular flexibility index (Phi) is 7.09. The fraction of sp³-hybridized carbons (Fsp3) is 0.292. The van der Waals surface area contributed by atoms with E-state index >= 15 is 0 Å². The predicted octanol–water partition coefficient (Wildman–Crippen LogP) is 6.49. The van der Waals surface area contributed by atoms with E-state index in [4.69, 9.17) is 17.0 Å². The maximum atomic E-state index is 8.58. The number of benzene rings is 1. The van der Waals surface area contributed by atoms with Gasteiger partial charge in [0.2, 0.25) is 0 Å². The Labute approximate surface area is 174 Å². The van der Waals surface area contributed by atoms with Gasteiger partial charge in [-0.2, -0.15) is 0 Å². The summed E-state index contributed by atoms with van der Waals surface area (Å²) >= 11 is 6.14.